The predicted molar refractivity (Wildman–Crippen MR) is 72.7 cm³/mol. The van der Waals surface area contributed by atoms with Gasteiger partial charge in [0.25, 0.3) is 0 Å². The van der Waals surface area contributed by atoms with Crippen molar-refractivity contribution in [3.05, 3.63) is 22.9 Å². The monoisotopic (exact) mass is 264 g/mol. The Kier molecular flexibility index (Phi) is 4.37. The van der Waals surface area contributed by atoms with Crippen molar-refractivity contribution in [1.82, 2.24) is 4.98 Å². The molecule has 0 saturated carbocycles. The number of carboxylic acids is 1. The van der Waals surface area contributed by atoms with Crippen LogP contribution < -0.4 is 5.32 Å². The Morgan fingerprint density at radius 1 is 1.58 bits per heavy atom. The summed E-state index contributed by atoms with van der Waals surface area (Å²) in [7, 11) is 0. The Hall–Kier alpha value is -1.62. The molecule has 1 atom stereocenters. The molecule has 2 heterocycles. The number of anilines is 1. The molecular formula is C14H20N2O3. The van der Waals surface area contributed by atoms with Gasteiger partial charge in [-0.25, -0.2) is 9.78 Å². The molecule has 0 amide bonds. The average molecular weight is 264 g/mol. The van der Waals surface area contributed by atoms with E-state index in [4.69, 9.17) is 4.74 Å². The largest absolute Gasteiger partial charge is 0.478 e. The van der Waals surface area contributed by atoms with Crippen molar-refractivity contribution in [3.8, 4) is 0 Å². The third kappa shape index (κ3) is 3.44. The van der Waals surface area contributed by atoms with Gasteiger partial charge in [-0.3, -0.25) is 0 Å². The maximum atomic E-state index is 11.3. The lowest BCUT2D eigenvalue weighted by atomic mass is 10.0. The van der Waals surface area contributed by atoms with Crippen molar-refractivity contribution in [2.24, 2.45) is 5.92 Å². The molecule has 0 radical (unpaired) electrons. The van der Waals surface area contributed by atoms with Crippen molar-refractivity contribution < 1.29 is 14.6 Å². The van der Waals surface area contributed by atoms with E-state index in [1.54, 1.807) is 13.0 Å². The summed E-state index contributed by atoms with van der Waals surface area (Å²) in [5, 5.41) is 12.4. The van der Waals surface area contributed by atoms with Crippen LogP contribution in [-0.2, 0) is 4.74 Å². The zero-order valence-electron chi connectivity index (χ0n) is 11.4. The molecule has 1 aliphatic heterocycles. The number of hydrogen-bond acceptors (Lipinski definition) is 4. The molecule has 1 aromatic heterocycles. The number of carbonyl (C=O) groups is 1. The molecule has 1 aromatic rings. The Balaban J connectivity index is 2.12. The Morgan fingerprint density at radius 2 is 2.37 bits per heavy atom. The SMILES string of the molecule is Cc1cc(C)c(C(=O)O)c(NCC2CCCOC2)n1. The van der Waals surface area contributed by atoms with Gasteiger partial charge in [-0.05, 0) is 44.2 Å². The second kappa shape index (κ2) is 6.02. The number of nitrogens with one attached hydrogen (secondary N) is 1. The molecule has 0 spiro atoms. The molecule has 1 aliphatic rings. The number of pyridine rings is 1. The van der Waals surface area contributed by atoms with Crippen LogP contribution in [0.2, 0.25) is 0 Å². The molecule has 5 heteroatoms. The quantitative estimate of drug-likeness (QED) is 0.872. The minimum Gasteiger partial charge on any atom is -0.478 e. The first-order valence-corrected chi connectivity index (χ1v) is 6.61. The van der Waals surface area contributed by atoms with Gasteiger partial charge in [-0.1, -0.05) is 0 Å². The van der Waals surface area contributed by atoms with E-state index >= 15 is 0 Å². The second-order valence-electron chi connectivity index (χ2n) is 5.07. The second-order valence-corrected chi connectivity index (χ2v) is 5.07. The standard InChI is InChI=1S/C14H20N2O3/c1-9-6-10(2)16-13(12(9)14(17)18)15-7-11-4-3-5-19-8-11/h6,11H,3-5,7-8H2,1-2H3,(H,15,16)(H,17,18). The fourth-order valence-corrected chi connectivity index (χ4v) is 2.44. The molecule has 1 unspecified atom stereocenters. The van der Waals surface area contributed by atoms with E-state index in [1.807, 2.05) is 6.92 Å². The van der Waals surface area contributed by atoms with Gasteiger partial charge in [0.15, 0.2) is 0 Å². The number of nitrogens with zero attached hydrogens (tertiary/aromatic N) is 1. The van der Waals surface area contributed by atoms with Crippen LogP contribution >= 0.6 is 0 Å². The summed E-state index contributed by atoms with van der Waals surface area (Å²) in [6.45, 7) is 5.94. The van der Waals surface area contributed by atoms with Crippen molar-refractivity contribution >= 4 is 11.8 Å². The molecule has 5 nitrogen and oxygen atoms in total. The van der Waals surface area contributed by atoms with Crippen molar-refractivity contribution in [2.45, 2.75) is 26.7 Å². The number of carboxylic acid groups (broad SMARTS) is 1. The van der Waals surface area contributed by atoms with Crippen LogP contribution in [0.1, 0.15) is 34.5 Å². The van der Waals surface area contributed by atoms with Crippen LogP contribution in [0.4, 0.5) is 5.82 Å². The summed E-state index contributed by atoms with van der Waals surface area (Å²) in [4.78, 5) is 15.6. The van der Waals surface area contributed by atoms with E-state index in [0.717, 1.165) is 37.3 Å². The van der Waals surface area contributed by atoms with E-state index in [9.17, 15) is 9.90 Å². The van der Waals surface area contributed by atoms with Crippen LogP contribution in [0.15, 0.2) is 6.07 Å². The number of hydrogen-bond donors (Lipinski definition) is 2. The Bertz CT molecular complexity index is 468. The van der Waals surface area contributed by atoms with Gasteiger partial charge in [0.1, 0.15) is 11.4 Å². The van der Waals surface area contributed by atoms with Gasteiger partial charge in [0.05, 0.1) is 6.61 Å². The van der Waals surface area contributed by atoms with Gasteiger partial charge in [-0.2, -0.15) is 0 Å². The summed E-state index contributed by atoms with van der Waals surface area (Å²) in [5.74, 6) is -0.0408. The summed E-state index contributed by atoms with van der Waals surface area (Å²) >= 11 is 0. The van der Waals surface area contributed by atoms with E-state index in [2.05, 4.69) is 10.3 Å². The zero-order valence-corrected chi connectivity index (χ0v) is 11.4. The van der Waals surface area contributed by atoms with Crippen molar-refractivity contribution in [1.29, 1.82) is 0 Å². The third-order valence-electron chi connectivity index (χ3n) is 3.37. The lowest BCUT2D eigenvalue weighted by Gasteiger charge is -2.23. The summed E-state index contributed by atoms with van der Waals surface area (Å²) < 4.78 is 5.42. The fraction of sp³-hybridized carbons (Fsp3) is 0.571. The lowest BCUT2D eigenvalue weighted by molar-refractivity contribution is 0.0594. The molecular weight excluding hydrogens is 244 g/mol. The molecule has 0 aliphatic carbocycles. The smallest absolute Gasteiger partial charge is 0.339 e. The fourth-order valence-electron chi connectivity index (χ4n) is 2.44. The molecule has 0 bridgehead atoms. The maximum absolute atomic E-state index is 11.3. The first-order valence-electron chi connectivity index (χ1n) is 6.61. The van der Waals surface area contributed by atoms with Crippen molar-refractivity contribution in [3.63, 3.8) is 0 Å². The zero-order chi connectivity index (χ0) is 13.8. The van der Waals surface area contributed by atoms with Gasteiger partial charge in [0, 0.05) is 18.8 Å². The maximum Gasteiger partial charge on any atom is 0.339 e. The van der Waals surface area contributed by atoms with Gasteiger partial charge >= 0.3 is 5.97 Å². The van der Waals surface area contributed by atoms with Crippen molar-refractivity contribution in [2.75, 3.05) is 25.1 Å². The number of rotatable bonds is 4. The topological polar surface area (TPSA) is 71.5 Å². The van der Waals surface area contributed by atoms with E-state index < -0.39 is 5.97 Å². The van der Waals surface area contributed by atoms with E-state index in [-0.39, 0.29) is 5.56 Å². The highest BCUT2D eigenvalue weighted by molar-refractivity contribution is 5.94. The first kappa shape index (κ1) is 13.8. The molecule has 2 N–H and O–H groups in total. The predicted octanol–water partition coefficient (Wildman–Crippen LogP) is 2.24. The highest BCUT2D eigenvalue weighted by atomic mass is 16.5. The van der Waals surface area contributed by atoms with Gasteiger partial charge < -0.3 is 15.2 Å². The molecule has 104 valence electrons. The van der Waals surface area contributed by atoms with Crippen LogP contribution in [0.5, 0.6) is 0 Å². The molecule has 2 rings (SSSR count). The van der Waals surface area contributed by atoms with Crippen LogP contribution in [0, 0.1) is 19.8 Å². The molecule has 1 fully saturated rings. The normalized spacial score (nSPS) is 19.2. The average Bonchev–Trinajstić information content (AvgIpc) is 2.36. The lowest BCUT2D eigenvalue weighted by Crippen LogP contribution is -2.25. The highest BCUT2D eigenvalue weighted by Crippen LogP contribution is 2.20. The minimum absolute atomic E-state index is 0.266. The summed E-state index contributed by atoms with van der Waals surface area (Å²) in [5.41, 5.74) is 1.83. The van der Waals surface area contributed by atoms with Crippen LogP contribution in [0.3, 0.4) is 0 Å². The third-order valence-corrected chi connectivity index (χ3v) is 3.37. The van der Waals surface area contributed by atoms with Crippen LogP contribution in [-0.4, -0.2) is 35.8 Å². The van der Waals surface area contributed by atoms with E-state index in [0.29, 0.717) is 18.3 Å². The van der Waals surface area contributed by atoms with Gasteiger partial charge in [-0.15, -0.1) is 0 Å². The van der Waals surface area contributed by atoms with Gasteiger partial charge in [0.2, 0.25) is 0 Å². The molecule has 1 saturated heterocycles. The van der Waals surface area contributed by atoms with Crippen LogP contribution in [0.25, 0.3) is 0 Å². The molecule has 19 heavy (non-hydrogen) atoms. The number of aromatic carboxylic acids is 1. The summed E-state index contributed by atoms with van der Waals surface area (Å²) in [6.07, 6.45) is 2.18. The Morgan fingerprint density at radius 3 is 3.00 bits per heavy atom. The first-order chi connectivity index (χ1) is 9.08. The number of aromatic nitrogens is 1. The minimum atomic E-state index is -0.938. The highest BCUT2D eigenvalue weighted by Gasteiger charge is 2.18. The summed E-state index contributed by atoms with van der Waals surface area (Å²) in [6, 6.07) is 1.79. The Labute approximate surface area is 113 Å². The number of aryl methyl sites for hydroxylation is 2. The number of ether oxygens (including phenoxy) is 1. The molecule has 0 aromatic carbocycles. The van der Waals surface area contributed by atoms with E-state index in [1.165, 1.54) is 0 Å².